The number of carboxylic acids is 1. The third-order valence-corrected chi connectivity index (χ3v) is 2.83. The lowest BCUT2D eigenvalue weighted by molar-refractivity contribution is -0.137. The normalized spacial score (nSPS) is 10.2. The van der Waals surface area contributed by atoms with Crippen molar-refractivity contribution in [3.05, 3.63) is 53.6 Å². The van der Waals surface area contributed by atoms with Gasteiger partial charge in [-0.15, -0.1) is 0 Å². The van der Waals surface area contributed by atoms with Gasteiger partial charge in [-0.25, -0.2) is 0 Å². The minimum absolute atomic E-state index is 0.00392. The molecule has 0 fully saturated rings. The number of benzene rings is 2. The number of halogens is 1. The first-order valence-corrected chi connectivity index (χ1v) is 6.23. The zero-order valence-electron chi connectivity index (χ0n) is 10.2. The summed E-state index contributed by atoms with van der Waals surface area (Å²) in [4.78, 5) is 10.4. The van der Waals surface area contributed by atoms with Crippen LogP contribution < -0.4 is 4.74 Å². The highest BCUT2D eigenvalue weighted by atomic mass is 35.5. The SMILES string of the molecule is O=C(O)CCOc1ccc(-c2cccc(Cl)c2)cc1. The lowest BCUT2D eigenvalue weighted by Gasteiger charge is -2.06. The van der Waals surface area contributed by atoms with Crippen LogP contribution in [0.3, 0.4) is 0 Å². The molecule has 98 valence electrons. The van der Waals surface area contributed by atoms with Crippen molar-refractivity contribution in [2.45, 2.75) is 6.42 Å². The van der Waals surface area contributed by atoms with Crippen LogP contribution in [0.15, 0.2) is 48.5 Å². The Kier molecular flexibility index (Phi) is 4.42. The molecule has 0 radical (unpaired) electrons. The van der Waals surface area contributed by atoms with Gasteiger partial charge in [-0.3, -0.25) is 4.79 Å². The van der Waals surface area contributed by atoms with E-state index in [2.05, 4.69) is 0 Å². The molecule has 19 heavy (non-hydrogen) atoms. The molecular formula is C15H13ClO3. The predicted molar refractivity (Wildman–Crippen MR) is 74.6 cm³/mol. The van der Waals surface area contributed by atoms with Gasteiger partial charge in [0, 0.05) is 5.02 Å². The number of aliphatic carboxylic acids is 1. The Morgan fingerprint density at radius 3 is 2.47 bits per heavy atom. The molecule has 2 rings (SSSR count). The van der Waals surface area contributed by atoms with Crippen molar-refractivity contribution < 1.29 is 14.6 Å². The summed E-state index contributed by atoms with van der Waals surface area (Å²) in [6.45, 7) is 0.172. The molecule has 4 heteroatoms. The largest absolute Gasteiger partial charge is 0.493 e. The topological polar surface area (TPSA) is 46.5 Å². The van der Waals surface area contributed by atoms with E-state index in [4.69, 9.17) is 21.4 Å². The molecule has 0 saturated carbocycles. The Bertz CT molecular complexity index is 564. The molecule has 0 bridgehead atoms. The quantitative estimate of drug-likeness (QED) is 0.902. The summed E-state index contributed by atoms with van der Waals surface area (Å²) in [5, 5.41) is 9.21. The van der Waals surface area contributed by atoms with Gasteiger partial charge in [-0.1, -0.05) is 35.9 Å². The zero-order chi connectivity index (χ0) is 13.7. The number of rotatable bonds is 5. The molecule has 0 atom stereocenters. The molecular weight excluding hydrogens is 264 g/mol. The molecule has 2 aromatic rings. The van der Waals surface area contributed by atoms with Gasteiger partial charge < -0.3 is 9.84 Å². The lowest BCUT2D eigenvalue weighted by atomic mass is 10.1. The van der Waals surface area contributed by atoms with Gasteiger partial charge in [0.2, 0.25) is 0 Å². The minimum atomic E-state index is -0.865. The van der Waals surface area contributed by atoms with Gasteiger partial charge in [-0.05, 0) is 35.4 Å². The Hall–Kier alpha value is -2.00. The monoisotopic (exact) mass is 276 g/mol. The highest BCUT2D eigenvalue weighted by molar-refractivity contribution is 6.30. The lowest BCUT2D eigenvalue weighted by Crippen LogP contribution is -2.04. The zero-order valence-corrected chi connectivity index (χ0v) is 10.9. The molecule has 2 aromatic carbocycles. The summed E-state index contributed by atoms with van der Waals surface area (Å²) in [6.07, 6.45) is -0.00392. The maximum atomic E-state index is 10.4. The third-order valence-electron chi connectivity index (χ3n) is 2.60. The molecule has 0 heterocycles. The van der Waals surface area contributed by atoms with E-state index in [-0.39, 0.29) is 13.0 Å². The Morgan fingerprint density at radius 2 is 1.84 bits per heavy atom. The average Bonchev–Trinajstić information content (AvgIpc) is 2.39. The Morgan fingerprint density at radius 1 is 1.11 bits per heavy atom. The molecule has 3 nitrogen and oxygen atoms in total. The van der Waals surface area contributed by atoms with Crippen LogP contribution in [-0.2, 0) is 4.79 Å². The fourth-order valence-electron chi connectivity index (χ4n) is 1.67. The first-order valence-electron chi connectivity index (χ1n) is 5.86. The number of carboxylic acid groups (broad SMARTS) is 1. The maximum absolute atomic E-state index is 10.4. The molecule has 0 aliphatic heterocycles. The highest BCUT2D eigenvalue weighted by Gasteiger charge is 2.01. The van der Waals surface area contributed by atoms with E-state index < -0.39 is 5.97 Å². The van der Waals surface area contributed by atoms with Crippen LogP contribution >= 0.6 is 11.6 Å². The number of hydrogen-bond donors (Lipinski definition) is 1. The summed E-state index contributed by atoms with van der Waals surface area (Å²) in [5.74, 6) is -0.206. The molecule has 1 N–H and O–H groups in total. The highest BCUT2D eigenvalue weighted by Crippen LogP contribution is 2.24. The van der Waals surface area contributed by atoms with Crippen LogP contribution in [0.1, 0.15) is 6.42 Å². The van der Waals surface area contributed by atoms with E-state index in [9.17, 15) is 4.79 Å². The Labute approximate surface area is 116 Å². The van der Waals surface area contributed by atoms with Gasteiger partial charge >= 0.3 is 5.97 Å². The molecule has 0 saturated heterocycles. The first-order chi connectivity index (χ1) is 9.15. The van der Waals surface area contributed by atoms with Gasteiger partial charge in [0.05, 0.1) is 13.0 Å². The second kappa shape index (κ2) is 6.25. The second-order valence-electron chi connectivity index (χ2n) is 4.03. The molecule has 0 amide bonds. The van der Waals surface area contributed by atoms with Crippen LogP contribution in [0.25, 0.3) is 11.1 Å². The maximum Gasteiger partial charge on any atom is 0.306 e. The second-order valence-corrected chi connectivity index (χ2v) is 4.46. The predicted octanol–water partition coefficient (Wildman–Crippen LogP) is 3.86. The minimum Gasteiger partial charge on any atom is -0.493 e. The summed E-state index contributed by atoms with van der Waals surface area (Å²) < 4.78 is 5.32. The number of ether oxygens (including phenoxy) is 1. The van der Waals surface area contributed by atoms with E-state index in [1.165, 1.54) is 0 Å². The average molecular weight is 277 g/mol. The first kappa shape index (κ1) is 13.4. The molecule has 0 aliphatic carbocycles. The number of hydrogen-bond acceptors (Lipinski definition) is 2. The standard InChI is InChI=1S/C15H13ClO3/c16-13-3-1-2-12(10-13)11-4-6-14(7-5-11)19-9-8-15(17)18/h1-7,10H,8-9H2,(H,17,18). The Balaban J connectivity index is 2.04. The van der Waals surface area contributed by atoms with Gasteiger partial charge in [-0.2, -0.15) is 0 Å². The van der Waals surface area contributed by atoms with Crippen molar-refractivity contribution in [1.29, 1.82) is 0 Å². The van der Waals surface area contributed by atoms with E-state index in [1.54, 1.807) is 0 Å². The summed E-state index contributed by atoms with van der Waals surface area (Å²) in [5.41, 5.74) is 2.07. The van der Waals surface area contributed by atoms with Gasteiger partial charge in [0.25, 0.3) is 0 Å². The molecule has 0 unspecified atom stereocenters. The smallest absolute Gasteiger partial charge is 0.306 e. The fourth-order valence-corrected chi connectivity index (χ4v) is 1.86. The van der Waals surface area contributed by atoms with Crippen molar-refractivity contribution >= 4 is 17.6 Å². The van der Waals surface area contributed by atoms with Crippen molar-refractivity contribution in [3.63, 3.8) is 0 Å². The third kappa shape index (κ3) is 4.00. The molecule has 0 aromatic heterocycles. The van der Waals surface area contributed by atoms with Gasteiger partial charge in [0.1, 0.15) is 5.75 Å². The van der Waals surface area contributed by atoms with Crippen molar-refractivity contribution in [2.75, 3.05) is 6.61 Å². The van der Waals surface area contributed by atoms with E-state index in [0.717, 1.165) is 11.1 Å². The van der Waals surface area contributed by atoms with Crippen LogP contribution in [0, 0.1) is 0 Å². The summed E-state index contributed by atoms with van der Waals surface area (Å²) in [7, 11) is 0. The van der Waals surface area contributed by atoms with Crippen LogP contribution in [0.2, 0.25) is 5.02 Å². The van der Waals surface area contributed by atoms with Crippen molar-refractivity contribution in [3.8, 4) is 16.9 Å². The summed E-state index contributed by atoms with van der Waals surface area (Å²) >= 11 is 5.94. The summed E-state index contributed by atoms with van der Waals surface area (Å²) in [6, 6.07) is 15.1. The van der Waals surface area contributed by atoms with Crippen LogP contribution in [-0.4, -0.2) is 17.7 Å². The number of carbonyl (C=O) groups is 1. The fraction of sp³-hybridized carbons (Fsp3) is 0.133. The van der Waals surface area contributed by atoms with Crippen LogP contribution in [0.5, 0.6) is 5.75 Å². The molecule has 0 aliphatic rings. The van der Waals surface area contributed by atoms with Crippen molar-refractivity contribution in [2.24, 2.45) is 0 Å². The van der Waals surface area contributed by atoms with Crippen molar-refractivity contribution in [1.82, 2.24) is 0 Å². The molecule has 0 spiro atoms. The van der Waals surface area contributed by atoms with E-state index in [0.29, 0.717) is 10.8 Å². The van der Waals surface area contributed by atoms with E-state index in [1.807, 2.05) is 48.5 Å². The van der Waals surface area contributed by atoms with Crippen LogP contribution in [0.4, 0.5) is 0 Å². The van der Waals surface area contributed by atoms with Gasteiger partial charge in [0.15, 0.2) is 0 Å². The van der Waals surface area contributed by atoms with E-state index >= 15 is 0 Å².